The molecule has 1 fully saturated rings. The topological polar surface area (TPSA) is 29.3 Å². The summed E-state index contributed by atoms with van der Waals surface area (Å²) in [6.07, 6.45) is 4.52. The van der Waals surface area contributed by atoms with Crippen LogP contribution >= 0.6 is 0 Å². The van der Waals surface area contributed by atoms with E-state index in [0.717, 1.165) is 13.1 Å². The Morgan fingerprint density at radius 3 is 3.10 bits per heavy atom. The molecule has 0 radical (unpaired) electrons. The van der Waals surface area contributed by atoms with Crippen LogP contribution in [0.4, 0.5) is 0 Å². The largest absolute Gasteiger partial charge is 0.329 e. The maximum Gasteiger partial charge on any atom is 0.0222 e. The van der Waals surface area contributed by atoms with Crippen LogP contribution in [-0.4, -0.2) is 30.6 Å². The molecule has 0 aromatic carbocycles. The molecular weight excluding hydrogens is 124 g/mol. The van der Waals surface area contributed by atoms with Gasteiger partial charge in [-0.15, -0.1) is 6.58 Å². The van der Waals surface area contributed by atoms with Crippen molar-refractivity contribution in [2.45, 2.75) is 18.9 Å². The van der Waals surface area contributed by atoms with Crippen LogP contribution in [0.1, 0.15) is 12.8 Å². The van der Waals surface area contributed by atoms with Gasteiger partial charge < -0.3 is 5.73 Å². The Kier molecular flexibility index (Phi) is 2.90. The van der Waals surface area contributed by atoms with Crippen molar-refractivity contribution in [1.82, 2.24) is 4.90 Å². The normalized spacial score (nSPS) is 27.1. The highest BCUT2D eigenvalue weighted by atomic mass is 15.2. The number of nitrogens with two attached hydrogens (primary N) is 1. The number of hydrogen-bond donors (Lipinski definition) is 1. The summed E-state index contributed by atoms with van der Waals surface area (Å²) in [5, 5.41) is 0. The first-order chi connectivity index (χ1) is 4.88. The average Bonchev–Trinajstić information content (AvgIpc) is 2.36. The van der Waals surface area contributed by atoms with Gasteiger partial charge in [0.25, 0.3) is 0 Å². The fraction of sp³-hybridized carbons (Fsp3) is 0.750. The fourth-order valence-electron chi connectivity index (χ4n) is 1.57. The molecule has 0 aromatic rings. The smallest absolute Gasteiger partial charge is 0.0222 e. The highest BCUT2D eigenvalue weighted by molar-refractivity contribution is 4.84. The third-order valence-corrected chi connectivity index (χ3v) is 2.13. The molecule has 0 unspecified atom stereocenters. The molecule has 0 bridgehead atoms. The fourth-order valence-corrected chi connectivity index (χ4v) is 1.57. The highest BCUT2D eigenvalue weighted by Crippen LogP contribution is 2.14. The molecule has 1 saturated heterocycles. The molecule has 0 aromatic heterocycles. The number of nitrogens with zero attached hydrogens (tertiary/aromatic N) is 1. The van der Waals surface area contributed by atoms with Gasteiger partial charge in [-0.25, -0.2) is 0 Å². The van der Waals surface area contributed by atoms with E-state index in [1.165, 1.54) is 19.4 Å². The Balaban J connectivity index is 2.34. The van der Waals surface area contributed by atoms with Crippen molar-refractivity contribution < 1.29 is 0 Å². The molecule has 0 saturated carbocycles. The lowest BCUT2D eigenvalue weighted by Gasteiger charge is -2.20. The second kappa shape index (κ2) is 3.74. The maximum atomic E-state index is 5.58. The molecule has 0 spiro atoms. The van der Waals surface area contributed by atoms with E-state index >= 15 is 0 Å². The molecule has 10 heavy (non-hydrogen) atoms. The van der Waals surface area contributed by atoms with Crippen LogP contribution in [0, 0.1) is 0 Å². The van der Waals surface area contributed by atoms with Gasteiger partial charge in [-0.2, -0.15) is 0 Å². The summed E-state index contributed by atoms with van der Waals surface area (Å²) in [4.78, 5) is 2.40. The average molecular weight is 140 g/mol. The van der Waals surface area contributed by atoms with E-state index in [1.807, 2.05) is 6.08 Å². The van der Waals surface area contributed by atoms with E-state index in [1.54, 1.807) is 0 Å². The molecule has 2 nitrogen and oxygen atoms in total. The van der Waals surface area contributed by atoms with Crippen LogP contribution in [0.15, 0.2) is 12.7 Å². The predicted octanol–water partition coefficient (Wildman–Crippen LogP) is 0.596. The lowest BCUT2D eigenvalue weighted by Crippen LogP contribution is -2.35. The Morgan fingerprint density at radius 1 is 1.70 bits per heavy atom. The van der Waals surface area contributed by atoms with Crippen molar-refractivity contribution in [3.05, 3.63) is 12.7 Å². The Bertz CT molecular complexity index is 112. The highest BCUT2D eigenvalue weighted by Gasteiger charge is 2.20. The van der Waals surface area contributed by atoms with E-state index in [4.69, 9.17) is 5.73 Å². The Labute approximate surface area is 62.7 Å². The van der Waals surface area contributed by atoms with Crippen LogP contribution in [-0.2, 0) is 0 Å². The van der Waals surface area contributed by atoms with Gasteiger partial charge >= 0.3 is 0 Å². The van der Waals surface area contributed by atoms with Gasteiger partial charge in [-0.05, 0) is 19.4 Å². The lowest BCUT2D eigenvalue weighted by molar-refractivity contribution is 0.286. The van der Waals surface area contributed by atoms with Crippen molar-refractivity contribution >= 4 is 0 Å². The van der Waals surface area contributed by atoms with E-state index in [9.17, 15) is 0 Å². The Hall–Kier alpha value is -0.340. The van der Waals surface area contributed by atoms with Gasteiger partial charge in [0, 0.05) is 19.1 Å². The third-order valence-electron chi connectivity index (χ3n) is 2.13. The van der Waals surface area contributed by atoms with E-state index < -0.39 is 0 Å². The van der Waals surface area contributed by atoms with E-state index in [0.29, 0.717) is 6.04 Å². The van der Waals surface area contributed by atoms with Crippen molar-refractivity contribution in [3.8, 4) is 0 Å². The monoisotopic (exact) mass is 140 g/mol. The molecule has 2 heteroatoms. The molecule has 1 atom stereocenters. The summed E-state index contributed by atoms with van der Waals surface area (Å²) < 4.78 is 0. The molecule has 1 aliphatic rings. The summed E-state index contributed by atoms with van der Waals surface area (Å²) >= 11 is 0. The summed E-state index contributed by atoms with van der Waals surface area (Å²) in [5.74, 6) is 0. The first-order valence-electron chi connectivity index (χ1n) is 3.93. The van der Waals surface area contributed by atoms with Crippen molar-refractivity contribution in [1.29, 1.82) is 0 Å². The maximum absolute atomic E-state index is 5.58. The van der Waals surface area contributed by atoms with Crippen molar-refractivity contribution in [2.75, 3.05) is 19.6 Å². The molecule has 0 amide bonds. The second-order valence-electron chi connectivity index (χ2n) is 2.82. The van der Waals surface area contributed by atoms with Gasteiger partial charge in [0.05, 0.1) is 0 Å². The van der Waals surface area contributed by atoms with Gasteiger partial charge in [0.15, 0.2) is 0 Å². The first-order valence-corrected chi connectivity index (χ1v) is 3.93. The minimum absolute atomic E-state index is 0.623. The zero-order valence-electron chi connectivity index (χ0n) is 6.42. The first kappa shape index (κ1) is 7.76. The number of rotatable bonds is 3. The van der Waals surface area contributed by atoms with Crippen LogP contribution in [0.25, 0.3) is 0 Å². The molecular formula is C8H16N2. The van der Waals surface area contributed by atoms with Crippen LogP contribution < -0.4 is 5.73 Å². The molecule has 1 rings (SSSR count). The standard InChI is InChI=1S/C8H16N2/c1-2-5-10-6-3-4-8(10)7-9/h2,8H,1,3-7,9H2/t8-/m1/s1. The van der Waals surface area contributed by atoms with Gasteiger partial charge in [-0.1, -0.05) is 6.08 Å². The molecule has 0 aliphatic carbocycles. The van der Waals surface area contributed by atoms with Gasteiger partial charge in [0.1, 0.15) is 0 Å². The third kappa shape index (κ3) is 1.58. The zero-order chi connectivity index (χ0) is 7.40. The van der Waals surface area contributed by atoms with Gasteiger partial charge in [-0.3, -0.25) is 4.90 Å². The number of likely N-dealkylation sites (tertiary alicyclic amines) is 1. The predicted molar refractivity (Wildman–Crippen MR) is 43.8 cm³/mol. The zero-order valence-corrected chi connectivity index (χ0v) is 6.42. The summed E-state index contributed by atoms with van der Waals surface area (Å²) in [5.41, 5.74) is 5.58. The molecule has 58 valence electrons. The summed E-state index contributed by atoms with van der Waals surface area (Å²) in [6, 6.07) is 0.623. The van der Waals surface area contributed by atoms with Crippen LogP contribution in [0.2, 0.25) is 0 Å². The minimum Gasteiger partial charge on any atom is -0.329 e. The quantitative estimate of drug-likeness (QED) is 0.581. The van der Waals surface area contributed by atoms with E-state index in [-0.39, 0.29) is 0 Å². The van der Waals surface area contributed by atoms with Crippen molar-refractivity contribution in [2.24, 2.45) is 5.73 Å². The van der Waals surface area contributed by atoms with Gasteiger partial charge in [0.2, 0.25) is 0 Å². The SMILES string of the molecule is C=CCN1CCC[C@@H]1CN. The molecule has 2 N–H and O–H groups in total. The minimum atomic E-state index is 0.623. The van der Waals surface area contributed by atoms with E-state index in [2.05, 4.69) is 11.5 Å². The number of hydrogen-bond acceptors (Lipinski definition) is 2. The van der Waals surface area contributed by atoms with Crippen LogP contribution in [0.3, 0.4) is 0 Å². The summed E-state index contributed by atoms with van der Waals surface area (Å²) in [7, 11) is 0. The summed E-state index contributed by atoms with van der Waals surface area (Å²) in [6.45, 7) is 6.71. The Morgan fingerprint density at radius 2 is 2.50 bits per heavy atom. The second-order valence-corrected chi connectivity index (χ2v) is 2.82. The van der Waals surface area contributed by atoms with Crippen LogP contribution in [0.5, 0.6) is 0 Å². The molecule has 1 heterocycles. The lowest BCUT2D eigenvalue weighted by atomic mass is 10.2. The molecule has 1 aliphatic heterocycles. The van der Waals surface area contributed by atoms with Crippen molar-refractivity contribution in [3.63, 3.8) is 0 Å².